The normalized spacial score (nSPS) is 19.8. The Balaban J connectivity index is 0.000000490. The molecule has 0 aromatic heterocycles. The van der Waals surface area contributed by atoms with Crippen LogP contribution in [0.5, 0.6) is 0 Å². The van der Waals surface area contributed by atoms with Crippen LogP contribution < -0.4 is 0 Å². The van der Waals surface area contributed by atoms with Crippen LogP contribution in [-0.2, 0) is 0 Å². The summed E-state index contributed by atoms with van der Waals surface area (Å²) in [6, 6.07) is 0. The van der Waals surface area contributed by atoms with E-state index in [1.54, 1.807) is 0 Å². The van der Waals surface area contributed by atoms with E-state index in [1.807, 2.05) is 0 Å². The van der Waals surface area contributed by atoms with Gasteiger partial charge in [-0.2, -0.15) is 0 Å². The first-order valence-electron chi connectivity index (χ1n) is 3.06. The molecule has 0 aliphatic heterocycles. The fourth-order valence-corrected chi connectivity index (χ4v) is 1.05. The first-order valence-corrected chi connectivity index (χ1v) is 3.06. The first-order chi connectivity index (χ1) is 3.39. The molecule has 1 aliphatic rings. The Labute approximate surface area is 52.6 Å². The molecule has 0 spiro atoms. The fraction of sp³-hybridized carbons (Fsp3) is 0.750. The number of hydrogen-bond donors (Lipinski definition) is 0. The standard InChI is InChI=1S/C7H12.CH4/c1-7-5-3-2-4-6-7;/h1-6H2;1H4. The maximum atomic E-state index is 3.91. The van der Waals surface area contributed by atoms with Gasteiger partial charge in [0.15, 0.2) is 0 Å². The monoisotopic (exact) mass is 112 g/mol. The molecule has 1 aliphatic carbocycles. The third-order valence-electron chi connectivity index (χ3n) is 1.56. The topological polar surface area (TPSA) is 0 Å². The van der Waals surface area contributed by atoms with E-state index in [-0.39, 0.29) is 7.43 Å². The van der Waals surface area contributed by atoms with Crippen molar-refractivity contribution in [1.29, 1.82) is 0 Å². The van der Waals surface area contributed by atoms with E-state index < -0.39 is 0 Å². The Morgan fingerprint density at radius 2 is 1.50 bits per heavy atom. The molecule has 0 heteroatoms. The maximum absolute atomic E-state index is 3.91. The molecule has 0 bridgehead atoms. The highest BCUT2D eigenvalue weighted by molar-refractivity contribution is 4.95. The molecule has 48 valence electrons. The van der Waals surface area contributed by atoms with Crippen LogP contribution in [0.1, 0.15) is 39.5 Å². The van der Waals surface area contributed by atoms with Crippen LogP contribution in [0.25, 0.3) is 0 Å². The van der Waals surface area contributed by atoms with Crippen LogP contribution in [0, 0.1) is 0 Å². The summed E-state index contributed by atoms with van der Waals surface area (Å²) >= 11 is 0. The smallest absolute Gasteiger partial charge is 0.0323 e. The van der Waals surface area contributed by atoms with E-state index >= 15 is 0 Å². The molecule has 0 atom stereocenters. The molecule has 1 fully saturated rings. The van der Waals surface area contributed by atoms with Crippen LogP contribution in [0.15, 0.2) is 12.2 Å². The van der Waals surface area contributed by atoms with Crippen molar-refractivity contribution >= 4 is 0 Å². The lowest BCUT2D eigenvalue weighted by molar-refractivity contribution is 0.601. The quantitative estimate of drug-likeness (QED) is 0.422. The minimum atomic E-state index is 0. The molecule has 1 rings (SSSR count). The van der Waals surface area contributed by atoms with Crippen molar-refractivity contribution in [3.8, 4) is 0 Å². The van der Waals surface area contributed by atoms with Crippen molar-refractivity contribution in [2.75, 3.05) is 0 Å². The molecule has 0 aromatic carbocycles. The van der Waals surface area contributed by atoms with Crippen molar-refractivity contribution in [3.05, 3.63) is 12.2 Å². The van der Waals surface area contributed by atoms with E-state index in [4.69, 9.17) is 0 Å². The Bertz CT molecular complexity index is 64.1. The average Bonchev–Trinajstić information content (AvgIpc) is 1.69. The van der Waals surface area contributed by atoms with Crippen LogP contribution >= 0.6 is 0 Å². The van der Waals surface area contributed by atoms with Gasteiger partial charge in [-0.05, 0) is 25.7 Å². The summed E-state index contributed by atoms with van der Waals surface area (Å²) in [6.07, 6.45) is 6.79. The predicted octanol–water partition coefficient (Wildman–Crippen LogP) is 3.14. The van der Waals surface area contributed by atoms with Gasteiger partial charge in [-0.25, -0.2) is 0 Å². The third kappa shape index (κ3) is 2.15. The summed E-state index contributed by atoms with van der Waals surface area (Å²) < 4.78 is 0. The third-order valence-corrected chi connectivity index (χ3v) is 1.56. The Kier molecular flexibility index (Phi) is 3.59. The Hall–Kier alpha value is -0.260. The molecule has 0 N–H and O–H groups in total. The lowest BCUT2D eigenvalue weighted by atomic mass is 9.97. The van der Waals surface area contributed by atoms with Crippen LogP contribution in [0.4, 0.5) is 0 Å². The fourth-order valence-electron chi connectivity index (χ4n) is 1.05. The van der Waals surface area contributed by atoms with Crippen molar-refractivity contribution in [3.63, 3.8) is 0 Å². The summed E-state index contributed by atoms with van der Waals surface area (Å²) in [6.45, 7) is 3.91. The molecule has 0 nitrogen and oxygen atoms in total. The summed E-state index contributed by atoms with van der Waals surface area (Å²) in [5.74, 6) is 0. The molecule has 0 unspecified atom stereocenters. The second-order valence-corrected chi connectivity index (χ2v) is 2.31. The van der Waals surface area contributed by atoms with Gasteiger partial charge in [-0.3, -0.25) is 0 Å². The van der Waals surface area contributed by atoms with Gasteiger partial charge in [-0.1, -0.05) is 26.0 Å². The lowest BCUT2D eigenvalue weighted by Crippen LogP contribution is -1.90. The van der Waals surface area contributed by atoms with Gasteiger partial charge in [0.25, 0.3) is 0 Å². The maximum Gasteiger partial charge on any atom is -0.0323 e. The molecular formula is C8H16. The van der Waals surface area contributed by atoms with Crippen LogP contribution in [0.2, 0.25) is 0 Å². The SMILES string of the molecule is C.C=C1CCCCC1. The van der Waals surface area contributed by atoms with Gasteiger partial charge >= 0.3 is 0 Å². The molecule has 0 saturated heterocycles. The Morgan fingerprint density at radius 3 is 1.75 bits per heavy atom. The zero-order valence-electron chi connectivity index (χ0n) is 4.74. The summed E-state index contributed by atoms with van der Waals surface area (Å²) in [4.78, 5) is 0. The average molecular weight is 112 g/mol. The Morgan fingerprint density at radius 1 is 1.00 bits per heavy atom. The number of hydrogen-bond acceptors (Lipinski definition) is 0. The van der Waals surface area contributed by atoms with E-state index in [9.17, 15) is 0 Å². The summed E-state index contributed by atoms with van der Waals surface area (Å²) in [5.41, 5.74) is 1.46. The highest BCUT2D eigenvalue weighted by atomic mass is 14.1. The zero-order chi connectivity index (χ0) is 5.11. The van der Waals surface area contributed by atoms with Gasteiger partial charge in [-0.15, -0.1) is 0 Å². The van der Waals surface area contributed by atoms with Crippen LogP contribution in [0.3, 0.4) is 0 Å². The van der Waals surface area contributed by atoms with E-state index in [0.717, 1.165) is 0 Å². The minimum Gasteiger partial charge on any atom is -0.0999 e. The van der Waals surface area contributed by atoms with Gasteiger partial charge < -0.3 is 0 Å². The molecule has 0 heterocycles. The van der Waals surface area contributed by atoms with Crippen molar-refractivity contribution in [2.45, 2.75) is 39.5 Å². The van der Waals surface area contributed by atoms with E-state index in [1.165, 1.54) is 37.7 Å². The molecule has 8 heavy (non-hydrogen) atoms. The van der Waals surface area contributed by atoms with E-state index in [2.05, 4.69) is 6.58 Å². The molecular weight excluding hydrogens is 96.1 g/mol. The summed E-state index contributed by atoms with van der Waals surface area (Å²) in [7, 11) is 0. The first kappa shape index (κ1) is 7.74. The largest absolute Gasteiger partial charge is 0.0999 e. The second kappa shape index (κ2) is 3.71. The minimum absolute atomic E-state index is 0. The van der Waals surface area contributed by atoms with Gasteiger partial charge in [0.2, 0.25) is 0 Å². The second-order valence-electron chi connectivity index (χ2n) is 2.31. The predicted molar refractivity (Wildman–Crippen MR) is 39.0 cm³/mol. The van der Waals surface area contributed by atoms with Gasteiger partial charge in [0.05, 0.1) is 0 Å². The lowest BCUT2D eigenvalue weighted by Gasteiger charge is -2.10. The number of rotatable bonds is 0. The molecule has 1 saturated carbocycles. The highest BCUT2D eigenvalue weighted by Crippen LogP contribution is 2.20. The zero-order valence-corrected chi connectivity index (χ0v) is 4.74. The molecule has 0 aromatic rings. The summed E-state index contributed by atoms with van der Waals surface area (Å²) in [5, 5.41) is 0. The molecule has 0 radical (unpaired) electrons. The van der Waals surface area contributed by atoms with Crippen molar-refractivity contribution in [1.82, 2.24) is 0 Å². The van der Waals surface area contributed by atoms with Crippen molar-refractivity contribution in [2.24, 2.45) is 0 Å². The van der Waals surface area contributed by atoms with Crippen molar-refractivity contribution < 1.29 is 0 Å². The van der Waals surface area contributed by atoms with E-state index in [0.29, 0.717) is 0 Å². The highest BCUT2D eigenvalue weighted by Gasteiger charge is 2.00. The van der Waals surface area contributed by atoms with Gasteiger partial charge in [0.1, 0.15) is 0 Å². The number of allylic oxidation sites excluding steroid dienone is 1. The van der Waals surface area contributed by atoms with Crippen LogP contribution in [-0.4, -0.2) is 0 Å². The van der Waals surface area contributed by atoms with Gasteiger partial charge in [0, 0.05) is 0 Å². The molecule has 0 amide bonds.